The molecule has 0 fully saturated rings. The summed E-state index contributed by atoms with van der Waals surface area (Å²) >= 11 is 0. The van der Waals surface area contributed by atoms with Crippen molar-refractivity contribution in [1.82, 2.24) is 4.98 Å². The number of hydrogen-bond acceptors (Lipinski definition) is 3. The van der Waals surface area contributed by atoms with Gasteiger partial charge >= 0.3 is 0 Å². The van der Waals surface area contributed by atoms with E-state index in [4.69, 9.17) is 0 Å². The molecule has 2 aromatic rings. The standard InChI is InChI=1S/C11H9N.Bi.H4N2/c1-2-6-10(7-3-1)11-8-4-5-9-12-11;;1-2/h1-9H;;1-2H2. The quantitative estimate of drug-likeness (QED) is 0.433. The van der Waals surface area contributed by atoms with Gasteiger partial charge in [-0.2, -0.15) is 0 Å². The van der Waals surface area contributed by atoms with Crippen LogP contribution in [0.4, 0.5) is 0 Å². The second-order valence-corrected chi connectivity index (χ2v) is 2.58. The van der Waals surface area contributed by atoms with Crippen molar-refractivity contribution in [2.24, 2.45) is 11.7 Å². The number of rotatable bonds is 1. The first-order chi connectivity index (χ1) is 6.97. The molecule has 77 valence electrons. The molecule has 1 heterocycles. The maximum Gasteiger partial charge on any atom is 0.0701 e. The molecule has 0 bridgehead atoms. The topological polar surface area (TPSA) is 64.9 Å². The molecule has 15 heavy (non-hydrogen) atoms. The van der Waals surface area contributed by atoms with Gasteiger partial charge in [-0.15, -0.1) is 0 Å². The molecule has 0 aliphatic heterocycles. The molecule has 4 N–H and O–H groups in total. The van der Waals surface area contributed by atoms with E-state index in [1.54, 1.807) is 0 Å². The summed E-state index contributed by atoms with van der Waals surface area (Å²) in [4.78, 5) is 4.25. The van der Waals surface area contributed by atoms with Crippen LogP contribution in [-0.4, -0.2) is 31.2 Å². The van der Waals surface area contributed by atoms with Gasteiger partial charge in [-0.25, -0.2) is 0 Å². The summed E-state index contributed by atoms with van der Waals surface area (Å²) in [6.07, 6.45) is 1.81. The average Bonchev–Trinajstić information content (AvgIpc) is 2.34. The van der Waals surface area contributed by atoms with Crippen molar-refractivity contribution in [2.45, 2.75) is 0 Å². The Kier molecular flexibility index (Phi) is 8.01. The average molecular weight is 396 g/mol. The molecule has 0 saturated heterocycles. The van der Waals surface area contributed by atoms with Crippen LogP contribution >= 0.6 is 0 Å². The van der Waals surface area contributed by atoms with Gasteiger partial charge in [-0.05, 0) is 12.1 Å². The Morgan fingerprint density at radius 1 is 0.800 bits per heavy atom. The van der Waals surface area contributed by atoms with Crippen molar-refractivity contribution in [3.63, 3.8) is 0 Å². The zero-order valence-electron chi connectivity index (χ0n) is 8.25. The minimum absolute atomic E-state index is 0. The molecule has 1 aromatic carbocycles. The molecule has 0 amide bonds. The molecular weight excluding hydrogens is 383 g/mol. The van der Waals surface area contributed by atoms with E-state index in [1.165, 1.54) is 0 Å². The van der Waals surface area contributed by atoms with E-state index in [0.29, 0.717) is 0 Å². The van der Waals surface area contributed by atoms with Crippen LogP contribution in [0.5, 0.6) is 0 Å². The molecule has 0 unspecified atom stereocenters. The van der Waals surface area contributed by atoms with E-state index in [9.17, 15) is 0 Å². The van der Waals surface area contributed by atoms with Crippen molar-refractivity contribution in [3.8, 4) is 11.3 Å². The predicted molar refractivity (Wildman–Crippen MR) is 63.8 cm³/mol. The summed E-state index contributed by atoms with van der Waals surface area (Å²) in [7, 11) is 0. The Morgan fingerprint density at radius 2 is 1.40 bits per heavy atom. The third-order valence-electron chi connectivity index (χ3n) is 1.73. The van der Waals surface area contributed by atoms with Gasteiger partial charge in [-0.1, -0.05) is 36.4 Å². The summed E-state index contributed by atoms with van der Waals surface area (Å²) in [6, 6.07) is 16.1. The number of nitrogens with two attached hydrogens (primary N) is 2. The zero-order chi connectivity index (χ0) is 10.2. The minimum Gasteiger partial charge on any atom is -0.274 e. The van der Waals surface area contributed by atoms with E-state index in [1.807, 2.05) is 42.6 Å². The molecule has 1 aromatic heterocycles. The molecule has 3 radical (unpaired) electrons. The summed E-state index contributed by atoms with van der Waals surface area (Å²) < 4.78 is 0. The third-order valence-corrected chi connectivity index (χ3v) is 1.73. The smallest absolute Gasteiger partial charge is 0.0701 e. The summed E-state index contributed by atoms with van der Waals surface area (Å²) in [5.41, 5.74) is 2.19. The monoisotopic (exact) mass is 396 g/mol. The van der Waals surface area contributed by atoms with Gasteiger partial charge in [0.05, 0.1) is 5.69 Å². The number of nitrogens with zero attached hydrogens (tertiary/aromatic N) is 1. The molecule has 0 saturated carbocycles. The van der Waals surface area contributed by atoms with Crippen LogP contribution in [0, 0.1) is 0 Å². The zero-order valence-corrected chi connectivity index (χ0v) is 11.7. The Labute approximate surface area is 109 Å². The van der Waals surface area contributed by atoms with Gasteiger partial charge < -0.3 is 0 Å². The van der Waals surface area contributed by atoms with Crippen LogP contribution in [-0.2, 0) is 0 Å². The van der Waals surface area contributed by atoms with Crippen LogP contribution in [0.3, 0.4) is 0 Å². The second kappa shape index (κ2) is 8.48. The number of hydrogen-bond donors (Lipinski definition) is 2. The van der Waals surface area contributed by atoms with Crippen molar-refractivity contribution >= 4 is 26.2 Å². The summed E-state index contributed by atoms with van der Waals surface area (Å²) in [6.45, 7) is 0. The van der Waals surface area contributed by atoms with Crippen LogP contribution in [0.1, 0.15) is 0 Å². The Bertz CT molecular complexity index is 313. The van der Waals surface area contributed by atoms with E-state index in [2.05, 4.69) is 28.8 Å². The Morgan fingerprint density at radius 3 is 1.93 bits per heavy atom. The largest absolute Gasteiger partial charge is 0.274 e. The van der Waals surface area contributed by atoms with Crippen LogP contribution < -0.4 is 11.7 Å². The van der Waals surface area contributed by atoms with Crippen molar-refractivity contribution in [2.75, 3.05) is 0 Å². The van der Waals surface area contributed by atoms with E-state index in [-0.39, 0.29) is 26.2 Å². The SMILES string of the molecule is NN.[Bi].c1ccc(-c2ccccn2)cc1. The molecule has 2 rings (SSSR count). The predicted octanol–water partition coefficient (Wildman–Crippen LogP) is 1.19. The Hall–Kier alpha value is -0.827. The first-order valence-electron chi connectivity index (χ1n) is 4.26. The number of aromatic nitrogens is 1. The van der Waals surface area contributed by atoms with Crippen LogP contribution in [0.2, 0.25) is 0 Å². The molecule has 0 aliphatic carbocycles. The molecule has 4 heteroatoms. The fourth-order valence-corrected chi connectivity index (χ4v) is 1.14. The first-order valence-corrected chi connectivity index (χ1v) is 4.26. The number of benzene rings is 1. The van der Waals surface area contributed by atoms with Gasteiger partial charge in [0.1, 0.15) is 0 Å². The summed E-state index contributed by atoms with van der Waals surface area (Å²) in [5, 5.41) is 0. The van der Waals surface area contributed by atoms with Crippen molar-refractivity contribution in [1.29, 1.82) is 0 Å². The van der Waals surface area contributed by atoms with Gasteiger partial charge in [0.2, 0.25) is 0 Å². The van der Waals surface area contributed by atoms with Gasteiger partial charge in [-0.3, -0.25) is 16.7 Å². The molecule has 0 aliphatic rings. The van der Waals surface area contributed by atoms with Crippen LogP contribution in [0.25, 0.3) is 11.3 Å². The molecule has 3 nitrogen and oxygen atoms in total. The fourth-order valence-electron chi connectivity index (χ4n) is 1.14. The van der Waals surface area contributed by atoms with Crippen molar-refractivity contribution in [3.05, 3.63) is 54.7 Å². The van der Waals surface area contributed by atoms with Crippen molar-refractivity contribution < 1.29 is 0 Å². The van der Waals surface area contributed by atoms with Gasteiger partial charge in [0, 0.05) is 38.0 Å². The maximum atomic E-state index is 4.25. The first kappa shape index (κ1) is 14.2. The second-order valence-electron chi connectivity index (χ2n) is 2.58. The van der Waals surface area contributed by atoms with Gasteiger partial charge in [0.15, 0.2) is 0 Å². The third kappa shape index (κ3) is 4.47. The van der Waals surface area contributed by atoms with E-state index < -0.39 is 0 Å². The molecule has 0 atom stereocenters. The number of hydrazine groups is 1. The normalized spacial score (nSPS) is 8.13. The van der Waals surface area contributed by atoms with E-state index >= 15 is 0 Å². The molecular formula is C11H13BiN3. The van der Waals surface area contributed by atoms with Gasteiger partial charge in [0.25, 0.3) is 0 Å². The fraction of sp³-hybridized carbons (Fsp3) is 0. The summed E-state index contributed by atoms with van der Waals surface area (Å²) in [5.74, 6) is 8.00. The Balaban J connectivity index is 0.000000617. The van der Waals surface area contributed by atoms with Crippen LogP contribution in [0.15, 0.2) is 54.7 Å². The molecule has 0 spiro atoms. The maximum absolute atomic E-state index is 4.25. The minimum atomic E-state index is 0. The van der Waals surface area contributed by atoms with E-state index in [0.717, 1.165) is 11.3 Å². The number of pyridine rings is 1.